The summed E-state index contributed by atoms with van der Waals surface area (Å²) in [6.07, 6.45) is 4.53. The zero-order valence-electron chi connectivity index (χ0n) is 17.9. The maximum Gasteiger partial charge on any atom is 0.260 e. The molecule has 0 radical (unpaired) electrons. The van der Waals surface area contributed by atoms with E-state index in [9.17, 15) is 4.79 Å². The number of rotatable bonds is 5. The molecule has 1 aromatic carbocycles. The van der Waals surface area contributed by atoms with Gasteiger partial charge in [-0.1, -0.05) is 23.7 Å². The van der Waals surface area contributed by atoms with Crippen molar-refractivity contribution in [3.63, 3.8) is 0 Å². The van der Waals surface area contributed by atoms with Crippen LogP contribution in [0, 0.1) is 0 Å². The fourth-order valence-electron chi connectivity index (χ4n) is 4.01. The number of aryl methyl sites for hydroxylation is 2. The summed E-state index contributed by atoms with van der Waals surface area (Å²) in [5.74, 6) is 0.500. The van der Waals surface area contributed by atoms with E-state index in [2.05, 4.69) is 20.4 Å². The van der Waals surface area contributed by atoms with Gasteiger partial charge in [-0.3, -0.25) is 14.0 Å². The average molecular weight is 451 g/mol. The maximum atomic E-state index is 13.4. The molecule has 4 heterocycles. The number of pyridine rings is 1. The lowest BCUT2D eigenvalue weighted by atomic mass is 10.0. The predicted molar refractivity (Wildman–Crippen MR) is 125 cm³/mol. The lowest BCUT2D eigenvalue weighted by Gasteiger charge is -2.14. The molecule has 32 heavy (non-hydrogen) atoms. The van der Waals surface area contributed by atoms with E-state index < -0.39 is 0 Å². The minimum absolute atomic E-state index is 0.138. The highest BCUT2D eigenvalue weighted by Crippen LogP contribution is 2.31. The quantitative estimate of drug-likeness (QED) is 0.498. The summed E-state index contributed by atoms with van der Waals surface area (Å²) in [7, 11) is 1.87. The van der Waals surface area contributed by atoms with E-state index in [-0.39, 0.29) is 11.6 Å². The molecule has 9 heteroatoms. The lowest BCUT2D eigenvalue weighted by Crippen LogP contribution is -2.24. The van der Waals surface area contributed by atoms with Crippen molar-refractivity contribution in [2.75, 3.05) is 18.5 Å². The molecule has 0 saturated carbocycles. The van der Waals surface area contributed by atoms with E-state index in [1.165, 1.54) is 0 Å². The first-order chi connectivity index (χ1) is 15.5. The number of ether oxygens (including phenoxy) is 1. The summed E-state index contributed by atoms with van der Waals surface area (Å²) in [5, 5.41) is 8.98. The normalized spacial score (nSPS) is 16.0. The Morgan fingerprint density at radius 1 is 1.25 bits per heavy atom. The number of aromatic nitrogens is 5. The Morgan fingerprint density at radius 2 is 2.12 bits per heavy atom. The molecule has 1 N–H and O–H groups in total. The average Bonchev–Trinajstić information content (AvgIpc) is 3.45. The Labute approximate surface area is 189 Å². The second kappa shape index (κ2) is 8.37. The van der Waals surface area contributed by atoms with Crippen molar-refractivity contribution >= 4 is 28.6 Å². The van der Waals surface area contributed by atoms with Gasteiger partial charge in [-0.2, -0.15) is 10.1 Å². The van der Waals surface area contributed by atoms with E-state index in [4.69, 9.17) is 16.3 Å². The highest BCUT2D eigenvalue weighted by molar-refractivity contribution is 6.33. The number of nitrogens with zero attached hydrogens (tertiary/aromatic N) is 5. The third-order valence-corrected chi connectivity index (χ3v) is 5.99. The molecule has 1 saturated heterocycles. The van der Waals surface area contributed by atoms with Gasteiger partial charge in [0.2, 0.25) is 5.95 Å². The number of hydrogen-bond acceptors (Lipinski definition) is 6. The Kier molecular flexibility index (Phi) is 5.40. The van der Waals surface area contributed by atoms with Crippen molar-refractivity contribution in [1.82, 2.24) is 24.3 Å². The first kappa shape index (κ1) is 20.7. The first-order valence-corrected chi connectivity index (χ1v) is 11.0. The minimum atomic E-state index is -0.138. The Balaban J connectivity index is 1.57. The number of benzene rings is 1. The molecule has 0 amide bonds. The van der Waals surface area contributed by atoms with Crippen molar-refractivity contribution in [3.05, 3.63) is 58.1 Å². The summed E-state index contributed by atoms with van der Waals surface area (Å²) in [4.78, 5) is 22.4. The molecule has 1 atom stereocenters. The smallest absolute Gasteiger partial charge is 0.260 e. The number of halogens is 1. The number of nitrogens with one attached hydrogen (secondary N) is 1. The summed E-state index contributed by atoms with van der Waals surface area (Å²) < 4.78 is 8.80. The van der Waals surface area contributed by atoms with Crippen LogP contribution in [0.3, 0.4) is 0 Å². The second-order valence-corrected chi connectivity index (χ2v) is 8.26. The van der Waals surface area contributed by atoms with Crippen LogP contribution in [-0.2, 0) is 18.3 Å². The molecule has 4 aromatic rings. The molecule has 3 aromatic heterocycles. The molecule has 8 nitrogen and oxygen atoms in total. The fraction of sp³-hybridized carbons (Fsp3) is 0.304. The molecular formula is C23H23ClN6O2. The van der Waals surface area contributed by atoms with Crippen molar-refractivity contribution in [2.24, 2.45) is 7.05 Å². The van der Waals surface area contributed by atoms with Crippen LogP contribution in [0.5, 0.6) is 0 Å². The van der Waals surface area contributed by atoms with E-state index in [1.807, 2.05) is 50.5 Å². The summed E-state index contributed by atoms with van der Waals surface area (Å²) in [6, 6.07) is 9.55. The van der Waals surface area contributed by atoms with E-state index in [0.717, 1.165) is 29.7 Å². The van der Waals surface area contributed by atoms with Crippen LogP contribution in [0.1, 0.15) is 13.3 Å². The molecule has 0 aliphatic carbocycles. The Hall–Kier alpha value is -3.23. The zero-order chi connectivity index (χ0) is 22.2. The summed E-state index contributed by atoms with van der Waals surface area (Å²) in [6.45, 7) is 3.77. The molecule has 1 fully saturated rings. The molecule has 164 valence electrons. The van der Waals surface area contributed by atoms with Gasteiger partial charge in [-0.05, 0) is 31.5 Å². The van der Waals surface area contributed by atoms with Gasteiger partial charge < -0.3 is 10.1 Å². The van der Waals surface area contributed by atoms with Crippen LogP contribution in [0.4, 0.5) is 5.95 Å². The largest absolute Gasteiger partial charge is 0.379 e. The Bertz CT molecular complexity index is 1360. The van der Waals surface area contributed by atoms with Gasteiger partial charge in [0.1, 0.15) is 5.65 Å². The number of hydrogen-bond donors (Lipinski definition) is 1. The summed E-state index contributed by atoms with van der Waals surface area (Å²) >= 11 is 6.62. The van der Waals surface area contributed by atoms with Gasteiger partial charge in [-0.25, -0.2) is 4.98 Å². The Morgan fingerprint density at radius 3 is 2.81 bits per heavy atom. The van der Waals surface area contributed by atoms with Crippen molar-refractivity contribution < 1.29 is 4.74 Å². The predicted octanol–water partition coefficient (Wildman–Crippen LogP) is 3.73. The zero-order valence-corrected chi connectivity index (χ0v) is 18.6. The highest BCUT2D eigenvalue weighted by atomic mass is 35.5. The van der Waals surface area contributed by atoms with Gasteiger partial charge in [0.15, 0.2) is 0 Å². The van der Waals surface area contributed by atoms with Crippen LogP contribution in [0.25, 0.3) is 33.4 Å². The molecule has 0 spiro atoms. The molecule has 1 aliphatic rings. The minimum Gasteiger partial charge on any atom is -0.379 e. The highest BCUT2D eigenvalue weighted by Gasteiger charge is 2.18. The third-order valence-electron chi connectivity index (χ3n) is 5.67. The molecule has 0 unspecified atom stereocenters. The van der Waals surface area contributed by atoms with Crippen LogP contribution in [0.15, 0.2) is 47.5 Å². The number of anilines is 1. The van der Waals surface area contributed by atoms with E-state index in [0.29, 0.717) is 40.9 Å². The monoisotopic (exact) mass is 450 g/mol. The van der Waals surface area contributed by atoms with Crippen LogP contribution in [-0.4, -0.2) is 43.6 Å². The molecule has 1 aliphatic heterocycles. The second-order valence-electron chi connectivity index (χ2n) is 7.85. The topological polar surface area (TPSA) is 86.9 Å². The van der Waals surface area contributed by atoms with Crippen LogP contribution < -0.4 is 10.9 Å². The van der Waals surface area contributed by atoms with Gasteiger partial charge in [0.25, 0.3) is 5.56 Å². The van der Waals surface area contributed by atoms with Crippen molar-refractivity contribution in [1.29, 1.82) is 0 Å². The van der Waals surface area contributed by atoms with Crippen LogP contribution >= 0.6 is 11.6 Å². The molecular weight excluding hydrogens is 428 g/mol. The molecule has 0 bridgehead atoms. The van der Waals surface area contributed by atoms with Gasteiger partial charge in [-0.15, -0.1) is 0 Å². The third kappa shape index (κ3) is 3.76. The molecule has 5 rings (SSSR count). The van der Waals surface area contributed by atoms with Gasteiger partial charge >= 0.3 is 0 Å². The van der Waals surface area contributed by atoms with Gasteiger partial charge in [0.05, 0.1) is 18.3 Å². The van der Waals surface area contributed by atoms with Crippen LogP contribution in [0.2, 0.25) is 5.02 Å². The van der Waals surface area contributed by atoms with Gasteiger partial charge in [0, 0.05) is 59.7 Å². The van der Waals surface area contributed by atoms with E-state index in [1.54, 1.807) is 15.4 Å². The van der Waals surface area contributed by atoms with Crippen molar-refractivity contribution in [2.45, 2.75) is 25.9 Å². The number of fused-ring (bicyclic) bond motifs is 1. The SMILES string of the molecule is CCn1c(=O)c(-c2ccc(-c3ccn(C)n3)cc2Cl)cc2cnc(N[C@@H]3CCOC3)nc21. The fourth-order valence-corrected chi connectivity index (χ4v) is 4.29. The summed E-state index contributed by atoms with van der Waals surface area (Å²) in [5.41, 5.74) is 3.37. The lowest BCUT2D eigenvalue weighted by molar-refractivity contribution is 0.195. The maximum absolute atomic E-state index is 13.4. The van der Waals surface area contributed by atoms with E-state index >= 15 is 0 Å². The van der Waals surface area contributed by atoms with Crippen molar-refractivity contribution in [3.8, 4) is 22.4 Å². The standard InChI is InChI=1S/C23H23ClN6O2/c1-3-30-21-15(12-25-23(27-21)26-16-7-9-32-13-16)10-18(22(30)31)17-5-4-14(11-19(17)24)20-6-8-29(2)28-20/h4-6,8,10-12,16H,3,7,9,13H2,1-2H3,(H,25,26,27)/t16-/m1/s1. The first-order valence-electron chi connectivity index (χ1n) is 10.6.